The second-order valence-corrected chi connectivity index (χ2v) is 6.75. The Labute approximate surface area is 194 Å². The van der Waals surface area contributed by atoms with E-state index in [2.05, 4.69) is 16.1 Å². The largest absolute Gasteiger partial charge is 0.466 e. The van der Waals surface area contributed by atoms with Crippen LogP contribution in [0.25, 0.3) is 0 Å². The van der Waals surface area contributed by atoms with Crippen LogP contribution in [0.1, 0.15) is 39.0 Å². The van der Waals surface area contributed by atoms with Crippen LogP contribution in [-0.4, -0.2) is 61.2 Å². The van der Waals surface area contributed by atoms with Gasteiger partial charge in [-0.05, 0) is 12.8 Å². The van der Waals surface area contributed by atoms with Crippen molar-refractivity contribution < 1.29 is 80.5 Å². The van der Waals surface area contributed by atoms with Crippen LogP contribution in [0.3, 0.4) is 0 Å². The first kappa shape index (κ1) is 35.9. The lowest BCUT2D eigenvalue weighted by atomic mass is 9.98. The number of halogens is 14. The lowest BCUT2D eigenvalue weighted by Gasteiger charge is -2.29. The number of esters is 2. The van der Waals surface area contributed by atoms with E-state index < -0.39 is 86.9 Å². The summed E-state index contributed by atoms with van der Waals surface area (Å²) >= 11 is 0. The molecule has 0 aliphatic carbocycles. The third-order valence-electron chi connectivity index (χ3n) is 4.09. The number of alkyl halides is 14. The summed E-state index contributed by atoms with van der Waals surface area (Å²) in [6.07, 6.45) is -29.2. The maximum atomic E-state index is 13.0. The maximum absolute atomic E-state index is 13.0. The number of rotatable bonds is 10. The molecular weight excluding hydrogens is 546 g/mol. The van der Waals surface area contributed by atoms with Gasteiger partial charge in [-0.15, -0.1) is 0 Å². The number of ether oxygens (including phenoxy) is 2. The Morgan fingerprint density at radius 2 is 0.944 bits per heavy atom. The minimum absolute atomic E-state index is 0.0701. The van der Waals surface area contributed by atoms with E-state index in [-0.39, 0.29) is 6.42 Å². The Hall–Kier alpha value is -2.30. The summed E-state index contributed by atoms with van der Waals surface area (Å²) in [7, 11) is 0. The van der Waals surface area contributed by atoms with Crippen molar-refractivity contribution in [2.24, 2.45) is 0 Å². The monoisotopic (exact) mass is 566 g/mol. The van der Waals surface area contributed by atoms with E-state index in [0.29, 0.717) is 6.08 Å². The van der Waals surface area contributed by atoms with Crippen molar-refractivity contribution in [3.63, 3.8) is 0 Å². The van der Waals surface area contributed by atoms with E-state index in [4.69, 9.17) is 0 Å². The highest BCUT2D eigenvalue weighted by Gasteiger charge is 2.72. The molecule has 0 bridgehead atoms. The fraction of sp³-hybridized carbons (Fsp3) is 0.778. The number of hydrogen-bond donors (Lipinski definition) is 0. The molecular formula is C18H20F14O4. The lowest BCUT2D eigenvalue weighted by molar-refractivity contribution is -0.344. The highest BCUT2D eigenvalue weighted by molar-refractivity contribution is 5.81. The summed E-state index contributed by atoms with van der Waals surface area (Å²) in [6.45, 7) is 2.90. The van der Waals surface area contributed by atoms with Gasteiger partial charge in [0.1, 0.15) is 0 Å². The van der Waals surface area contributed by atoms with E-state index in [1.807, 2.05) is 0 Å². The van der Waals surface area contributed by atoms with Gasteiger partial charge in [-0.2, -0.15) is 52.7 Å². The molecule has 4 nitrogen and oxygen atoms in total. The summed E-state index contributed by atoms with van der Waals surface area (Å²) in [5.41, 5.74) is -10.6. The third kappa shape index (κ3) is 10.4. The Morgan fingerprint density at radius 3 is 1.19 bits per heavy atom. The van der Waals surface area contributed by atoms with Gasteiger partial charge >= 0.3 is 36.6 Å². The SMILES string of the molecule is C=CC(=O)OCCCC(F)(C(F)(F)F)C(F)(F)F.CCC(=O)OCCCC(F)(C(F)(F)F)C(F)(F)F. The van der Waals surface area contributed by atoms with Crippen molar-refractivity contribution in [2.75, 3.05) is 13.2 Å². The average molecular weight is 566 g/mol. The van der Waals surface area contributed by atoms with Gasteiger partial charge in [0.15, 0.2) is 0 Å². The summed E-state index contributed by atoms with van der Waals surface area (Å²) in [6, 6.07) is 0. The molecule has 0 aliphatic rings. The second-order valence-electron chi connectivity index (χ2n) is 6.75. The van der Waals surface area contributed by atoms with E-state index >= 15 is 0 Å². The van der Waals surface area contributed by atoms with Crippen molar-refractivity contribution in [3.05, 3.63) is 12.7 Å². The molecule has 0 aromatic rings. The molecule has 0 atom stereocenters. The van der Waals surface area contributed by atoms with Crippen LogP contribution in [0.2, 0.25) is 0 Å². The first-order valence-electron chi connectivity index (χ1n) is 9.50. The zero-order valence-electron chi connectivity index (χ0n) is 18.2. The molecule has 0 heterocycles. The van der Waals surface area contributed by atoms with Gasteiger partial charge in [-0.3, -0.25) is 4.79 Å². The molecule has 18 heteroatoms. The van der Waals surface area contributed by atoms with Gasteiger partial charge in [0.05, 0.1) is 13.2 Å². The molecule has 0 N–H and O–H groups in total. The number of carbonyl (C=O) groups excluding carboxylic acids is 2. The zero-order chi connectivity index (χ0) is 29.2. The van der Waals surface area contributed by atoms with Crippen LogP contribution in [0, 0.1) is 0 Å². The number of hydrogen-bond acceptors (Lipinski definition) is 4. The standard InChI is InChI=1S/C9H11F7O2.C9H9F7O2/c2*1-2-6(17)18-5-3-4-7(10,8(11,12)13)9(14,15)16/h2-5H2,1H3;2H,1,3-5H2. The quantitative estimate of drug-likeness (QED) is 0.125. The molecule has 214 valence electrons. The molecule has 0 radical (unpaired) electrons. The molecule has 36 heavy (non-hydrogen) atoms. The molecule has 0 aromatic carbocycles. The van der Waals surface area contributed by atoms with Crippen molar-refractivity contribution in [3.8, 4) is 0 Å². The van der Waals surface area contributed by atoms with Crippen molar-refractivity contribution in [1.82, 2.24) is 0 Å². The van der Waals surface area contributed by atoms with Crippen LogP contribution >= 0.6 is 0 Å². The molecule has 0 rings (SSSR count). The third-order valence-corrected chi connectivity index (χ3v) is 4.09. The van der Waals surface area contributed by atoms with E-state index in [9.17, 15) is 71.1 Å². The van der Waals surface area contributed by atoms with Gasteiger partial charge in [0, 0.05) is 25.3 Å². The van der Waals surface area contributed by atoms with E-state index in [0.717, 1.165) is 0 Å². The summed E-state index contributed by atoms with van der Waals surface area (Å²) in [5.74, 6) is -1.79. The molecule has 0 spiro atoms. The van der Waals surface area contributed by atoms with Crippen LogP contribution in [0.4, 0.5) is 61.5 Å². The second kappa shape index (κ2) is 13.3. The predicted molar refractivity (Wildman–Crippen MR) is 92.8 cm³/mol. The molecule has 0 saturated carbocycles. The summed E-state index contributed by atoms with van der Waals surface area (Å²) in [5, 5.41) is 0. The molecule has 0 saturated heterocycles. The maximum Gasteiger partial charge on any atom is 0.431 e. The fourth-order valence-corrected chi connectivity index (χ4v) is 2.04. The van der Waals surface area contributed by atoms with E-state index in [1.54, 1.807) is 0 Å². The highest BCUT2D eigenvalue weighted by atomic mass is 19.4. The molecule has 0 unspecified atom stereocenters. The minimum Gasteiger partial charge on any atom is -0.466 e. The van der Waals surface area contributed by atoms with Gasteiger partial charge in [-0.1, -0.05) is 13.5 Å². The van der Waals surface area contributed by atoms with Gasteiger partial charge in [-0.25, -0.2) is 13.6 Å². The van der Waals surface area contributed by atoms with Crippen molar-refractivity contribution in [1.29, 1.82) is 0 Å². The minimum atomic E-state index is -6.08. The Morgan fingerprint density at radius 1 is 0.639 bits per heavy atom. The number of carbonyl (C=O) groups is 2. The normalized spacial score (nSPS) is 13.4. The fourth-order valence-electron chi connectivity index (χ4n) is 2.04. The lowest BCUT2D eigenvalue weighted by Crippen LogP contribution is -2.53. The highest BCUT2D eigenvalue weighted by Crippen LogP contribution is 2.49. The van der Waals surface area contributed by atoms with Gasteiger partial charge in [0.2, 0.25) is 0 Å². The van der Waals surface area contributed by atoms with Crippen molar-refractivity contribution >= 4 is 11.9 Å². The zero-order valence-corrected chi connectivity index (χ0v) is 18.2. The van der Waals surface area contributed by atoms with Gasteiger partial charge in [0.25, 0.3) is 11.3 Å². The smallest absolute Gasteiger partial charge is 0.431 e. The predicted octanol–water partition coefficient (Wildman–Crippen LogP) is 6.88. The summed E-state index contributed by atoms with van der Waals surface area (Å²) < 4.78 is 179. The average Bonchev–Trinajstić information content (AvgIpc) is 2.70. The van der Waals surface area contributed by atoms with Gasteiger partial charge < -0.3 is 9.47 Å². The topological polar surface area (TPSA) is 52.6 Å². The van der Waals surface area contributed by atoms with E-state index in [1.165, 1.54) is 6.92 Å². The Bertz CT molecular complexity index is 679. The molecule has 0 fully saturated rings. The molecule has 0 amide bonds. The Balaban J connectivity index is 0. The first-order chi connectivity index (χ1) is 15.9. The van der Waals surface area contributed by atoms with Crippen LogP contribution in [0.5, 0.6) is 0 Å². The Kier molecular flexibility index (Phi) is 13.3. The van der Waals surface area contributed by atoms with Crippen LogP contribution in [0.15, 0.2) is 12.7 Å². The van der Waals surface area contributed by atoms with Crippen molar-refractivity contribution in [2.45, 2.75) is 75.1 Å². The molecule has 0 aliphatic heterocycles. The van der Waals surface area contributed by atoms with Crippen LogP contribution < -0.4 is 0 Å². The first-order valence-corrected chi connectivity index (χ1v) is 9.50. The summed E-state index contributed by atoms with van der Waals surface area (Å²) in [4.78, 5) is 21.0. The van der Waals surface area contributed by atoms with Crippen LogP contribution in [-0.2, 0) is 19.1 Å². The molecule has 0 aromatic heterocycles.